The molecule has 1 fully saturated rings. The van der Waals surface area contributed by atoms with E-state index in [9.17, 15) is 4.79 Å². The lowest BCUT2D eigenvalue weighted by Gasteiger charge is -2.35. The van der Waals surface area contributed by atoms with Gasteiger partial charge in [0.2, 0.25) is 0 Å². The summed E-state index contributed by atoms with van der Waals surface area (Å²) in [5.41, 5.74) is 3.61. The van der Waals surface area contributed by atoms with Crippen LogP contribution >= 0.6 is 0 Å². The summed E-state index contributed by atoms with van der Waals surface area (Å²) < 4.78 is 6.40. The Labute approximate surface area is 151 Å². The quantitative estimate of drug-likeness (QED) is 0.654. The van der Waals surface area contributed by atoms with Crippen LogP contribution in [0, 0.1) is 0 Å². The molecule has 8 heteroatoms. The van der Waals surface area contributed by atoms with Gasteiger partial charge in [0.1, 0.15) is 6.33 Å². The lowest BCUT2D eigenvalue weighted by Crippen LogP contribution is -2.46. The number of piperazine rings is 1. The minimum absolute atomic E-state index is 0.302. The summed E-state index contributed by atoms with van der Waals surface area (Å²) in [7, 11) is 1.39. The number of carbonyl (C=O) groups is 1. The second-order valence-corrected chi connectivity index (χ2v) is 6.30. The molecule has 8 nitrogen and oxygen atoms in total. The normalized spacial score (nSPS) is 15.3. The molecule has 1 aromatic carbocycles. The Morgan fingerprint density at radius 1 is 1.15 bits per heavy atom. The number of ether oxygens (including phenoxy) is 1. The standard InChI is InChI=1S/C18H20N6O2/c1-26-18(25)15-4-2-14(3-5-15)12-22-6-8-23(9-7-22)16-10-17-21-19-13-24(17)20-11-16/h2-5,10-11,13H,6-9,12H2,1H3. The van der Waals surface area contributed by atoms with Crippen molar-refractivity contribution >= 4 is 17.3 Å². The summed E-state index contributed by atoms with van der Waals surface area (Å²) in [6.45, 7) is 4.68. The maximum atomic E-state index is 11.5. The Morgan fingerprint density at radius 2 is 1.92 bits per heavy atom. The van der Waals surface area contributed by atoms with Gasteiger partial charge in [-0.2, -0.15) is 5.10 Å². The first kappa shape index (κ1) is 16.5. The maximum absolute atomic E-state index is 11.5. The molecule has 0 unspecified atom stereocenters. The molecule has 26 heavy (non-hydrogen) atoms. The van der Waals surface area contributed by atoms with Crippen molar-refractivity contribution in [2.75, 3.05) is 38.2 Å². The number of benzene rings is 1. The lowest BCUT2D eigenvalue weighted by atomic mass is 10.1. The lowest BCUT2D eigenvalue weighted by molar-refractivity contribution is 0.0600. The summed E-state index contributed by atoms with van der Waals surface area (Å²) in [5, 5.41) is 12.2. The molecule has 1 aliphatic rings. The van der Waals surface area contributed by atoms with Crippen LogP contribution in [-0.2, 0) is 11.3 Å². The predicted octanol–water partition coefficient (Wildman–Crippen LogP) is 1.23. The van der Waals surface area contributed by atoms with E-state index in [1.54, 1.807) is 10.8 Å². The molecule has 3 aromatic rings. The highest BCUT2D eigenvalue weighted by Gasteiger charge is 2.18. The smallest absolute Gasteiger partial charge is 0.337 e. The SMILES string of the molecule is COC(=O)c1ccc(CN2CCN(c3cnn4cnnc4c3)CC2)cc1. The molecule has 0 spiro atoms. The average molecular weight is 352 g/mol. The van der Waals surface area contributed by atoms with Crippen LogP contribution < -0.4 is 4.90 Å². The van der Waals surface area contributed by atoms with Gasteiger partial charge in [0.25, 0.3) is 0 Å². The number of anilines is 1. The van der Waals surface area contributed by atoms with Crippen molar-refractivity contribution in [3.05, 3.63) is 54.0 Å². The van der Waals surface area contributed by atoms with Crippen molar-refractivity contribution < 1.29 is 9.53 Å². The summed E-state index contributed by atoms with van der Waals surface area (Å²) in [5.74, 6) is -0.302. The molecule has 3 heterocycles. The van der Waals surface area contributed by atoms with Gasteiger partial charge in [-0.3, -0.25) is 4.90 Å². The van der Waals surface area contributed by atoms with Crippen molar-refractivity contribution in [2.24, 2.45) is 0 Å². The van der Waals surface area contributed by atoms with Gasteiger partial charge in [0.15, 0.2) is 5.65 Å². The molecule has 134 valence electrons. The number of fused-ring (bicyclic) bond motifs is 1. The van der Waals surface area contributed by atoms with Crippen LogP contribution in [0.5, 0.6) is 0 Å². The predicted molar refractivity (Wildman–Crippen MR) is 96.1 cm³/mol. The minimum Gasteiger partial charge on any atom is -0.465 e. The molecule has 1 aliphatic heterocycles. The van der Waals surface area contributed by atoms with Gasteiger partial charge in [0, 0.05) is 38.8 Å². The number of carbonyl (C=O) groups excluding carboxylic acids is 1. The van der Waals surface area contributed by atoms with Crippen LogP contribution in [0.15, 0.2) is 42.9 Å². The first-order chi connectivity index (χ1) is 12.7. The summed E-state index contributed by atoms with van der Waals surface area (Å²) >= 11 is 0. The average Bonchev–Trinajstić information content (AvgIpc) is 3.16. The van der Waals surface area contributed by atoms with Crippen molar-refractivity contribution in [3.8, 4) is 0 Å². The Kier molecular flexibility index (Phi) is 4.49. The van der Waals surface area contributed by atoms with Crippen molar-refractivity contribution in [3.63, 3.8) is 0 Å². The van der Waals surface area contributed by atoms with E-state index < -0.39 is 0 Å². The molecular formula is C18H20N6O2. The fourth-order valence-corrected chi connectivity index (χ4v) is 3.17. The molecule has 0 bridgehead atoms. The van der Waals surface area contributed by atoms with Crippen LogP contribution in [0.3, 0.4) is 0 Å². The zero-order chi connectivity index (χ0) is 17.9. The van der Waals surface area contributed by atoms with Gasteiger partial charge >= 0.3 is 5.97 Å². The molecule has 0 radical (unpaired) electrons. The molecular weight excluding hydrogens is 332 g/mol. The molecule has 4 rings (SSSR count). The Bertz CT molecular complexity index is 899. The fraction of sp³-hybridized carbons (Fsp3) is 0.333. The van der Waals surface area contributed by atoms with E-state index >= 15 is 0 Å². The third kappa shape index (κ3) is 3.36. The first-order valence-electron chi connectivity index (χ1n) is 8.53. The Hall–Kier alpha value is -3.00. The summed E-state index contributed by atoms with van der Waals surface area (Å²) in [6, 6.07) is 9.62. The number of rotatable bonds is 4. The van der Waals surface area contributed by atoms with E-state index in [1.165, 1.54) is 12.7 Å². The number of aromatic nitrogens is 4. The second-order valence-electron chi connectivity index (χ2n) is 6.30. The van der Waals surface area contributed by atoms with E-state index in [0.717, 1.165) is 44.1 Å². The molecule has 0 atom stereocenters. The largest absolute Gasteiger partial charge is 0.465 e. The Balaban J connectivity index is 1.35. The highest BCUT2D eigenvalue weighted by molar-refractivity contribution is 5.89. The topological polar surface area (TPSA) is 75.9 Å². The number of hydrogen-bond acceptors (Lipinski definition) is 7. The number of nitrogens with zero attached hydrogens (tertiary/aromatic N) is 6. The van der Waals surface area contributed by atoms with E-state index in [-0.39, 0.29) is 5.97 Å². The number of methoxy groups -OCH3 is 1. The van der Waals surface area contributed by atoms with Gasteiger partial charge in [-0.15, -0.1) is 10.2 Å². The fourth-order valence-electron chi connectivity index (χ4n) is 3.17. The van der Waals surface area contributed by atoms with Gasteiger partial charge in [-0.05, 0) is 17.7 Å². The third-order valence-electron chi connectivity index (χ3n) is 4.67. The van der Waals surface area contributed by atoms with E-state index in [1.807, 2.05) is 36.5 Å². The second kappa shape index (κ2) is 7.09. The minimum atomic E-state index is -0.302. The van der Waals surface area contributed by atoms with E-state index in [2.05, 4.69) is 25.1 Å². The number of esters is 1. The molecule has 0 saturated carbocycles. The summed E-state index contributed by atoms with van der Waals surface area (Å²) in [4.78, 5) is 16.2. The molecule has 0 amide bonds. The van der Waals surface area contributed by atoms with Gasteiger partial charge in [-0.25, -0.2) is 9.31 Å². The van der Waals surface area contributed by atoms with Crippen LogP contribution in [0.2, 0.25) is 0 Å². The zero-order valence-corrected chi connectivity index (χ0v) is 14.6. The highest BCUT2D eigenvalue weighted by atomic mass is 16.5. The molecule has 0 aliphatic carbocycles. The van der Waals surface area contributed by atoms with Gasteiger partial charge in [0.05, 0.1) is 24.6 Å². The van der Waals surface area contributed by atoms with Gasteiger partial charge in [-0.1, -0.05) is 12.1 Å². The van der Waals surface area contributed by atoms with Gasteiger partial charge < -0.3 is 9.64 Å². The maximum Gasteiger partial charge on any atom is 0.337 e. The van der Waals surface area contributed by atoms with E-state index in [4.69, 9.17) is 4.74 Å². The van der Waals surface area contributed by atoms with Crippen LogP contribution in [-0.4, -0.2) is 64.0 Å². The highest BCUT2D eigenvalue weighted by Crippen LogP contribution is 2.18. The molecule has 1 saturated heterocycles. The summed E-state index contributed by atoms with van der Waals surface area (Å²) in [6.07, 6.45) is 3.46. The Morgan fingerprint density at radius 3 is 2.65 bits per heavy atom. The third-order valence-corrected chi connectivity index (χ3v) is 4.67. The van der Waals surface area contributed by atoms with Crippen LogP contribution in [0.4, 0.5) is 5.69 Å². The number of hydrogen-bond donors (Lipinski definition) is 0. The van der Waals surface area contributed by atoms with Crippen LogP contribution in [0.25, 0.3) is 5.65 Å². The van der Waals surface area contributed by atoms with Crippen molar-refractivity contribution in [1.82, 2.24) is 24.7 Å². The molecule has 2 aromatic heterocycles. The van der Waals surface area contributed by atoms with Crippen LogP contribution in [0.1, 0.15) is 15.9 Å². The molecule has 0 N–H and O–H groups in total. The first-order valence-corrected chi connectivity index (χ1v) is 8.53. The van der Waals surface area contributed by atoms with Crippen molar-refractivity contribution in [1.29, 1.82) is 0 Å². The van der Waals surface area contributed by atoms with Crippen molar-refractivity contribution in [2.45, 2.75) is 6.54 Å². The monoisotopic (exact) mass is 352 g/mol. The van der Waals surface area contributed by atoms with E-state index in [0.29, 0.717) is 5.56 Å². The zero-order valence-electron chi connectivity index (χ0n) is 14.6.